The second-order valence-electron chi connectivity index (χ2n) is 6.26. The van der Waals surface area contributed by atoms with Crippen LogP contribution >= 0.6 is 11.3 Å². The minimum Gasteiger partial charge on any atom is -0.496 e. The first-order valence-corrected chi connectivity index (χ1v) is 9.69. The molecular formula is C21H17N3O3S. The minimum absolute atomic E-state index is 0.238. The Morgan fingerprint density at radius 2 is 2.04 bits per heavy atom. The van der Waals surface area contributed by atoms with E-state index in [0.29, 0.717) is 6.54 Å². The molecular weight excluding hydrogens is 374 g/mol. The maximum absolute atomic E-state index is 5.68. The van der Waals surface area contributed by atoms with Crippen molar-refractivity contribution in [1.29, 1.82) is 0 Å². The van der Waals surface area contributed by atoms with Crippen molar-refractivity contribution in [1.82, 2.24) is 9.97 Å². The molecule has 0 amide bonds. The molecule has 140 valence electrons. The van der Waals surface area contributed by atoms with E-state index < -0.39 is 0 Å². The van der Waals surface area contributed by atoms with Gasteiger partial charge in [-0.3, -0.25) is 0 Å². The fourth-order valence-electron chi connectivity index (χ4n) is 3.36. The monoisotopic (exact) mass is 391 g/mol. The molecule has 28 heavy (non-hydrogen) atoms. The van der Waals surface area contributed by atoms with Gasteiger partial charge in [0.1, 0.15) is 17.9 Å². The zero-order chi connectivity index (χ0) is 18.9. The summed E-state index contributed by atoms with van der Waals surface area (Å²) in [6, 6.07) is 13.9. The van der Waals surface area contributed by atoms with Gasteiger partial charge in [0.25, 0.3) is 0 Å². The van der Waals surface area contributed by atoms with Crippen LogP contribution in [0, 0.1) is 0 Å². The van der Waals surface area contributed by atoms with Crippen molar-refractivity contribution in [2.75, 3.05) is 19.2 Å². The second-order valence-corrected chi connectivity index (χ2v) is 7.29. The highest BCUT2D eigenvalue weighted by Crippen LogP contribution is 2.43. The van der Waals surface area contributed by atoms with Crippen LogP contribution in [0.3, 0.4) is 0 Å². The molecule has 0 radical (unpaired) electrons. The van der Waals surface area contributed by atoms with Crippen molar-refractivity contribution >= 4 is 28.1 Å². The summed E-state index contributed by atoms with van der Waals surface area (Å²) in [5, 5.41) is 6.43. The Labute approximate surface area is 165 Å². The summed E-state index contributed by atoms with van der Waals surface area (Å²) in [4.78, 5) is 10.2. The summed E-state index contributed by atoms with van der Waals surface area (Å²) in [7, 11) is 1.67. The molecule has 0 spiro atoms. The molecule has 1 aliphatic heterocycles. The van der Waals surface area contributed by atoms with Crippen LogP contribution in [-0.2, 0) is 6.54 Å². The zero-order valence-electron chi connectivity index (χ0n) is 15.1. The lowest BCUT2D eigenvalue weighted by atomic mass is 9.99. The van der Waals surface area contributed by atoms with Gasteiger partial charge in [-0.25, -0.2) is 9.97 Å². The van der Waals surface area contributed by atoms with Gasteiger partial charge < -0.3 is 19.5 Å². The average molecular weight is 391 g/mol. The number of hydrogen-bond donors (Lipinski definition) is 1. The minimum atomic E-state index is 0.238. The smallest absolute Gasteiger partial charge is 0.231 e. The molecule has 1 N–H and O–H groups in total. The Kier molecular flexibility index (Phi) is 4.21. The Bertz CT molecular complexity index is 1150. The number of methoxy groups -OCH3 is 1. The summed E-state index contributed by atoms with van der Waals surface area (Å²) in [5.41, 5.74) is 2.73. The normalized spacial score (nSPS) is 12.3. The molecule has 2 aromatic carbocycles. The molecule has 0 bridgehead atoms. The van der Waals surface area contributed by atoms with Gasteiger partial charge in [-0.2, -0.15) is 0 Å². The third-order valence-corrected chi connectivity index (χ3v) is 5.53. The van der Waals surface area contributed by atoms with Crippen LogP contribution in [0.1, 0.15) is 4.88 Å². The average Bonchev–Trinajstić information content (AvgIpc) is 3.42. The topological polar surface area (TPSA) is 65.5 Å². The summed E-state index contributed by atoms with van der Waals surface area (Å²) >= 11 is 1.71. The van der Waals surface area contributed by atoms with E-state index in [2.05, 4.69) is 26.7 Å². The molecule has 0 saturated carbocycles. The number of hydrogen-bond acceptors (Lipinski definition) is 7. The highest BCUT2D eigenvalue weighted by molar-refractivity contribution is 7.09. The zero-order valence-corrected chi connectivity index (χ0v) is 16.0. The van der Waals surface area contributed by atoms with Crippen molar-refractivity contribution in [3.63, 3.8) is 0 Å². The van der Waals surface area contributed by atoms with E-state index in [1.54, 1.807) is 24.8 Å². The molecule has 7 heteroatoms. The Balaban J connectivity index is 1.67. The highest BCUT2D eigenvalue weighted by Gasteiger charge is 2.20. The molecule has 3 heterocycles. The molecule has 0 unspecified atom stereocenters. The number of nitrogens with zero attached hydrogens (tertiary/aromatic N) is 2. The van der Waals surface area contributed by atoms with E-state index in [1.165, 1.54) is 4.88 Å². The molecule has 4 aromatic rings. The lowest BCUT2D eigenvalue weighted by Crippen LogP contribution is -2.03. The number of benzene rings is 2. The quantitative estimate of drug-likeness (QED) is 0.532. The number of aromatic nitrogens is 2. The molecule has 0 saturated heterocycles. The van der Waals surface area contributed by atoms with Crippen molar-refractivity contribution in [2.45, 2.75) is 6.54 Å². The molecule has 5 rings (SSSR count). The fourth-order valence-corrected chi connectivity index (χ4v) is 4.00. The Hall–Kier alpha value is -3.32. The summed E-state index contributed by atoms with van der Waals surface area (Å²) in [6.07, 6.45) is 1.58. The van der Waals surface area contributed by atoms with E-state index in [-0.39, 0.29) is 6.79 Å². The maximum atomic E-state index is 5.68. The predicted molar refractivity (Wildman–Crippen MR) is 109 cm³/mol. The highest BCUT2D eigenvalue weighted by atomic mass is 32.1. The van der Waals surface area contributed by atoms with E-state index in [9.17, 15) is 0 Å². The number of anilines is 1. The van der Waals surface area contributed by atoms with Gasteiger partial charge in [-0.05, 0) is 41.3 Å². The van der Waals surface area contributed by atoms with Crippen LogP contribution in [0.2, 0.25) is 0 Å². The van der Waals surface area contributed by atoms with Crippen molar-refractivity contribution in [3.05, 3.63) is 59.0 Å². The van der Waals surface area contributed by atoms with E-state index in [0.717, 1.165) is 45.1 Å². The predicted octanol–water partition coefficient (Wildman–Crippen LogP) is 4.71. The van der Waals surface area contributed by atoms with Gasteiger partial charge in [-0.15, -0.1) is 11.3 Å². The molecule has 6 nitrogen and oxygen atoms in total. The molecule has 2 aromatic heterocycles. The fraction of sp³-hybridized carbons (Fsp3) is 0.143. The first-order valence-electron chi connectivity index (χ1n) is 8.81. The van der Waals surface area contributed by atoms with Crippen molar-refractivity contribution < 1.29 is 14.2 Å². The Morgan fingerprint density at radius 1 is 1.11 bits per heavy atom. The largest absolute Gasteiger partial charge is 0.496 e. The van der Waals surface area contributed by atoms with Gasteiger partial charge in [0.2, 0.25) is 6.79 Å². The van der Waals surface area contributed by atoms with Crippen LogP contribution in [0.4, 0.5) is 5.82 Å². The Morgan fingerprint density at radius 3 is 2.89 bits per heavy atom. The number of fused-ring (bicyclic) bond motifs is 2. The standard InChI is InChI=1S/C21H17N3O3S/c1-25-17-7-5-15-20(19(17)13-4-6-16-18(9-13)27-12-26-16)21(24-11-23-15)22-10-14-3-2-8-28-14/h2-9,11H,10,12H2,1H3,(H,22,23,24). The lowest BCUT2D eigenvalue weighted by molar-refractivity contribution is 0.174. The van der Waals surface area contributed by atoms with Crippen LogP contribution < -0.4 is 19.5 Å². The van der Waals surface area contributed by atoms with E-state index >= 15 is 0 Å². The second kappa shape index (κ2) is 7.01. The summed E-state index contributed by atoms with van der Waals surface area (Å²) < 4.78 is 16.7. The first kappa shape index (κ1) is 16.8. The van der Waals surface area contributed by atoms with Gasteiger partial charge in [0, 0.05) is 10.4 Å². The number of rotatable bonds is 5. The van der Waals surface area contributed by atoms with Gasteiger partial charge in [0.15, 0.2) is 11.5 Å². The summed E-state index contributed by atoms with van der Waals surface area (Å²) in [6.45, 7) is 0.934. The molecule has 0 fully saturated rings. The van der Waals surface area contributed by atoms with Crippen molar-refractivity contribution in [2.24, 2.45) is 0 Å². The number of thiophene rings is 1. The lowest BCUT2D eigenvalue weighted by Gasteiger charge is -2.15. The number of nitrogens with one attached hydrogen (secondary N) is 1. The van der Waals surface area contributed by atoms with Gasteiger partial charge in [0.05, 0.1) is 24.6 Å². The molecule has 1 aliphatic rings. The maximum Gasteiger partial charge on any atom is 0.231 e. The van der Waals surface area contributed by atoms with E-state index in [4.69, 9.17) is 14.2 Å². The van der Waals surface area contributed by atoms with Crippen molar-refractivity contribution in [3.8, 4) is 28.4 Å². The van der Waals surface area contributed by atoms with Crippen LogP contribution in [0.15, 0.2) is 54.2 Å². The van der Waals surface area contributed by atoms with Crippen LogP contribution in [0.5, 0.6) is 17.2 Å². The first-order chi connectivity index (χ1) is 13.8. The van der Waals surface area contributed by atoms with E-state index in [1.807, 2.05) is 36.4 Å². The van der Waals surface area contributed by atoms with Crippen LogP contribution in [0.25, 0.3) is 22.0 Å². The molecule has 0 aliphatic carbocycles. The van der Waals surface area contributed by atoms with Gasteiger partial charge in [-0.1, -0.05) is 12.1 Å². The third kappa shape index (κ3) is 2.90. The number of ether oxygens (including phenoxy) is 3. The van der Waals surface area contributed by atoms with Crippen LogP contribution in [-0.4, -0.2) is 23.9 Å². The van der Waals surface area contributed by atoms with Gasteiger partial charge >= 0.3 is 0 Å². The SMILES string of the molecule is COc1ccc2ncnc(NCc3cccs3)c2c1-c1ccc2c(c1)OCO2. The third-order valence-electron chi connectivity index (χ3n) is 4.66. The summed E-state index contributed by atoms with van der Waals surface area (Å²) in [5.74, 6) is 2.99. The molecule has 0 atom stereocenters.